The van der Waals surface area contributed by atoms with Crippen LogP contribution in [0.2, 0.25) is 0 Å². The quantitative estimate of drug-likeness (QED) is 0.159. The second kappa shape index (κ2) is 14.7. The largest absolute Gasteiger partial charge is 0.248 e. The molecule has 0 saturated carbocycles. The molecule has 0 aliphatic carbocycles. The molecule has 2 heterocycles. The lowest BCUT2D eigenvalue weighted by atomic mass is 9.94. The average molecular weight is 691 g/mol. The molecule has 0 N–H and O–H groups in total. The summed E-state index contributed by atoms with van der Waals surface area (Å²) in [5.41, 5.74) is 13.6. The lowest BCUT2D eigenvalue weighted by molar-refractivity contribution is 1.07. The van der Waals surface area contributed by atoms with E-state index >= 15 is 0 Å². The van der Waals surface area contributed by atoms with Crippen molar-refractivity contribution in [1.29, 1.82) is 0 Å². The van der Waals surface area contributed by atoms with Crippen molar-refractivity contribution < 1.29 is 0 Å². The monoisotopic (exact) mass is 690 g/mol. The van der Waals surface area contributed by atoms with E-state index in [9.17, 15) is 0 Å². The molecule has 0 radical (unpaired) electrons. The highest BCUT2D eigenvalue weighted by atomic mass is 15.0. The van der Waals surface area contributed by atoms with Crippen molar-refractivity contribution in [3.8, 4) is 90.1 Å². The summed E-state index contributed by atoms with van der Waals surface area (Å²) in [7, 11) is 0. The van der Waals surface area contributed by atoms with Crippen LogP contribution in [0.3, 0.4) is 0 Å². The molecule has 0 aliphatic rings. The maximum Gasteiger partial charge on any atom is 0.164 e. The molecular weight excluding hydrogens is 657 g/mol. The standard InChI is InChI=1S/C50H34N4/c1-5-16-35(17-6-1)46-33-45(34-47(51-46)36-18-7-2-8-19-36)43-28-14-26-41(31-43)39-24-13-25-40(30-39)42-27-15-29-44(32-42)50-53-48(37-20-9-3-10-21-37)52-49(54-50)38-22-11-4-12-23-38/h1-34H. The van der Waals surface area contributed by atoms with E-state index in [0.717, 1.165) is 72.6 Å². The Balaban J connectivity index is 1.08. The van der Waals surface area contributed by atoms with Gasteiger partial charge in [-0.25, -0.2) is 19.9 Å². The van der Waals surface area contributed by atoms with Crippen LogP contribution in [-0.4, -0.2) is 19.9 Å². The van der Waals surface area contributed by atoms with Gasteiger partial charge < -0.3 is 0 Å². The molecule has 54 heavy (non-hydrogen) atoms. The fourth-order valence-corrected chi connectivity index (χ4v) is 6.74. The molecular formula is C50H34N4. The van der Waals surface area contributed by atoms with Crippen LogP contribution < -0.4 is 0 Å². The van der Waals surface area contributed by atoms with Gasteiger partial charge in [-0.1, -0.05) is 176 Å². The summed E-state index contributed by atoms with van der Waals surface area (Å²) in [6, 6.07) is 71.2. The van der Waals surface area contributed by atoms with E-state index in [2.05, 4.69) is 133 Å². The minimum atomic E-state index is 0.635. The van der Waals surface area contributed by atoms with Crippen molar-refractivity contribution >= 4 is 0 Å². The van der Waals surface area contributed by atoms with Gasteiger partial charge in [0.25, 0.3) is 0 Å². The molecule has 0 unspecified atom stereocenters. The SMILES string of the molecule is c1ccc(-c2cc(-c3cccc(-c4cccc(-c5cccc(-c6nc(-c7ccccc7)nc(-c7ccccc7)n6)c5)c4)c3)cc(-c3ccccc3)n2)cc1. The molecule has 254 valence electrons. The zero-order valence-corrected chi connectivity index (χ0v) is 29.4. The van der Waals surface area contributed by atoms with Crippen LogP contribution in [-0.2, 0) is 0 Å². The normalized spacial score (nSPS) is 11.0. The Labute approximate surface area is 315 Å². The van der Waals surface area contributed by atoms with E-state index in [1.165, 1.54) is 0 Å². The van der Waals surface area contributed by atoms with Gasteiger partial charge >= 0.3 is 0 Å². The summed E-state index contributed by atoms with van der Waals surface area (Å²) in [5, 5.41) is 0. The first kappa shape index (κ1) is 32.6. The molecule has 4 heteroatoms. The lowest BCUT2D eigenvalue weighted by Gasteiger charge is -2.12. The summed E-state index contributed by atoms with van der Waals surface area (Å²) >= 11 is 0. The third kappa shape index (κ3) is 6.97. The van der Waals surface area contributed by atoms with Gasteiger partial charge in [-0.3, -0.25) is 0 Å². The van der Waals surface area contributed by atoms with Crippen LogP contribution in [0.1, 0.15) is 0 Å². The van der Waals surface area contributed by atoms with Gasteiger partial charge in [-0.2, -0.15) is 0 Å². The van der Waals surface area contributed by atoms with E-state index < -0.39 is 0 Å². The number of nitrogens with zero attached hydrogens (tertiary/aromatic N) is 4. The third-order valence-electron chi connectivity index (χ3n) is 9.51. The number of rotatable bonds is 8. The van der Waals surface area contributed by atoms with Crippen LogP contribution in [0.5, 0.6) is 0 Å². The molecule has 2 aromatic heterocycles. The summed E-state index contributed by atoms with van der Waals surface area (Å²) in [5.74, 6) is 1.93. The highest BCUT2D eigenvalue weighted by molar-refractivity contribution is 5.81. The topological polar surface area (TPSA) is 51.6 Å². The van der Waals surface area contributed by atoms with Crippen molar-refractivity contribution in [1.82, 2.24) is 19.9 Å². The first-order chi connectivity index (χ1) is 26.7. The Kier molecular flexibility index (Phi) is 8.90. The first-order valence-electron chi connectivity index (χ1n) is 18.1. The Morgan fingerprint density at radius 1 is 0.185 bits per heavy atom. The van der Waals surface area contributed by atoms with Gasteiger partial charge in [0.1, 0.15) is 0 Å². The van der Waals surface area contributed by atoms with Gasteiger partial charge in [0.15, 0.2) is 17.5 Å². The fraction of sp³-hybridized carbons (Fsp3) is 0. The Hall–Kier alpha value is -7.30. The molecule has 7 aromatic carbocycles. The number of aromatic nitrogens is 4. The van der Waals surface area contributed by atoms with E-state index in [-0.39, 0.29) is 0 Å². The zero-order valence-electron chi connectivity index (χ0n) is 29.4. The second-order valence-electron chi connectivity index (χ2n) is 13.1. The second-order valence-corrected chi connectivity index (χ2v) is 13.1. The maximum absolute atomic E-state index is 5.08. The highest BCUT2D eigenvalue weighted by Gasteiger charge is 2.14. The Bertz CT molecular complexity index is 2390. The molecule has 0 fully saturated rings. The van der Waals surface area contributed by atoms with Crippen LogP contribution in [0.4, 0.5) is 0 Å². The average Bonchev–Trinajstić information content (AvgIpc) is 3.27. The molecule has 0 aliphatic heterocycles. The molecule has 0 spiro atoms. The van der Waals surface area contributed by atoms with Crippen molar-refractivity contribution in [2.24, 2.45) is 0 Å². The number of hydrogen-bond acceptors (Lipinski definition) is 4. The first-order valence-corrected chi connectivity index (χ1v) is 18.1. The summed E-state index contributed by atoms with van der Waals surface area (Å²) < 4.78 is 0. The lowest BCUT2D eigenvalue weighted by Crippen LogP contribution is -2.00. The van der Waals surface area contributed by atoms with Gasteiger partial charge in [-0.15, -0.1) is 0 Å². The fourth-order valence-electron chi connectivity index (χ4n) is 6.74. The molecule has 0 amide bonds. The molecule has 9 rings (SSSR count). The minimum Gasteiger partial charge on any atom is -0.248 e. The van der Waals surface area contributed by atoms with E-state index in [1.807, 2.05) is 72.8 Å². The summed E-state index contributed by atoms with van der Waals surface area (Å²) in [4.78, 5) is 19.9. The van der Waals surface area contributed by atoms with E-state index in [4.69, 9.17) is 19.9 Å². The van der Waals surface area contributed by atoms with Gasteiger partial charge in [0, 0.05) is 27.8 Å². The van der Waals surface area contributed by atoms with E-state index in [0.29, 0.717) is 17.5 Å². The molecule has 0 saturated heterocycles. The minimum absolute atomic E-state index is 0.635. The number of pyridine rings is 1. The van der Waals surface area contributed by atoms with Gasteiger partial charge in [0.05, 0.1) is 11.4 Å². The highest BCUT2D eigenvalue weighted by Crippen LogP contribution is 2.34. The zero-order chi connectivity index (χ0) is 36.1. The Morgan fingerprint density at radius 3 is 0.852 bits per heavy atom. The van der Waals surface area contributed by atoms with Gasteiger partial charge in [0.2, 0.25) is 0 Å². The third-order valence-corrected chi connectivity index (χ3v) is 9.51. The predicted molar refractivity (Wildman–Crippen MR) is 221 cm³/mol. The Morgan fingerprint density at radius 2 is 0.463 bits per heavy atom. The van der Waals surface area contributed by atoms with Crippen molar-refractivity contribution in [2.75, 3.05) is 0 Å². The number of hydrogen-bond donors (Lipinski definition) is 0. The summed E-state index contributed by atoms with van der Waals surface area (Å²) in [6.45, 7) is 0. The van der Waals surface area contributed by atoms with Crippen LogP contribution >= 0.6 is 0 Å². The van der Waals surface area contributed by atoms with Crippen LogP contribution in [0.25, 0.3) is 90.1 Å². The molecule has 0 atom stereocenters. The molecule has 9 aromatic rings. The summed E-state index contributed by atoms with van der Waals surface area (Å²) in [6.07, 6.45) is 0. The molecule has 0 bridgehead atoms. The van der Waals surface area contributed by atoms with Gasteiger partial charge in [-0.05, 0) is 63.7 Å². The number of benzene rings is 7. The van der Waals surface area contributed by atoms with Crippen molar-refractivity contribution in [2.45, 2.75) is 0 Å². The van der Waals surface area contributed by atoms with Crippen LogP contribution in [0.15, 0.2) is 206 Å². The molecule has 4 nitrogen and oxygen atoms in total. The van der Waals surface area contributed by atoms with Crippen molar-refractivity contribution in [3.63, 3.8) is 0 Å². The van der Waals surface area contributed by atoms with Crippen molar-refractivity contribution in [3.05, 3.63) is 206 Å². The smallest absolute Gasteiger partial charge is 0.164 e. The van der Waals surface area contributed by atoms with Crippen LogP contribution in [0, 0.1) is 0 Å². The predicted octanol–water partition coefficient (Wildman–Crippen LogP) is 12.6. The maximum atomic E-state index is 5.08. The van der Waals surface area contributed by atoms with E-state index in [1.54, 1.807) is 0 Å².